The van der Waals surface area contributed by atoms with Gasteiger partial charge in [-0.25, -0.2) is 9.79 Å². The molecule has 25 heavy (non-hydrogen) atoms. The van der Waals surface area contributed by atoms with E-state index in [2.05, 4.69) is 4.99 Å². The number of ether oxygens (including phenoxy) is 2. The van der Waals surface area contributed by atoms with Crippen LogP contribution in [0.15, 0.2) is 53.2 Å². The fourth-order valence-electron chi connectivity index (χ4n) is 2.60. The topological polar surface area (TPSA) is 71.7 Å². The van der Waals surface area contributed by atoms with Gasteiger partial charge in [-0.15, -0.1) is 0 Å². The van der Waals surface area contributed by atoms with Crippen LogP contribution in [0.4, 0.5) is 0 Å². The van der Waals surface area contributed by atoms with E-state index >= 15 is 0 Å². The lowest BCUT2D eigenvalue weighted by Gasteiger charge is -2.03. The monoisotopic (exact) mass is 332 g/mol. The van der Waals surface area contributed by atoms with Crippen LogP contribution >= 0.6 is 0 Å². The predicted octanol–water partition coefficient (Wildman–Crippen LogP) is 3.55. The van der Waals surface area contributed by atoms with Gasteiger partial charge in [0, 0.05) is 5.56 Å². The molecule has 0 saturated carbocycles. The Bertz CT molecular complexity index is 916. The first-order chi connectivity index (χ1) is 12.0. The van der Waals surface area contributed by atoms with Crippen LogP contribution in [-0.4, -0.2) is 18.5 Å². The summed E-state index contributed by atoms with van der Waals surface area (Å²) in [6.45, 7) is 3.94. The Morgan fingerprint density at radius 3 is 2.68 bits per heavy atom. The van der Waals surface area contributed by atoms with Crippen LogP contribution in [0.3, 0.4) is 0 Å². The molecule has 0 fully saturated rings. The molecule has 0 amide bonds. The maximum absolute atomic E-state index is 12.1. The van der Waals surface area contributed by atoms with Crippen molar-refractivity contribution < 1.29 is 14.3 Å². The van der Waals surface area contributed by atoms with Crippen molar-refractivity contribution in [3.05, 3.63) is 70.4 Å². The minimum Gasteiger partial charge on any atom is -0.479 e. The van der Waals surface area contributed by atoms with Crippen LogP contribution in [0.5, 0.6) is 5.75 Å². The van der Waals surface area contributed by atoms with E-state index in [1.165, 1.54) is 0 Å². The highest BCUT2D eigenvalue weighted by molar-refractivity contribution is 6.13. The molecule has 2 aromatic rings. The Labute approximate surface area is 145 Å². The standard InChI is InChI=1S/C20H16N2O3/c1-13-8-14(2)10-16(9-13)19-22-18(20(23)25-19)12-15-4-3-5-17(11-15)24-7-6-21/h3-5,8-12H,7H2,1-2H3/b18-12+. The molecule has 3 rings (SSSR count). The normalized spacial score (nSPS) is 14.8. The summed E-state index contributed by atoms with van der Waals surface area (Å²) in [5, 5.41) is 8.57. The number of hydrogen-bond donors (Lipinski definition) is 0. The molecule has 5 nitrogen and oxygen atoms in total. The first-order valence-corrected chi connectivity index (χ1v) is 7.76. The molecular weight excluding hydrogens is 316 g/mol. The molecule has 1 aliphatic heterocycles. The number of esters is 1. The first-order valence-electron chi connectivity index (χ1n) is 7.76. The number of carbonyl (C=O) groups excluding carboxylic acids is 1. The third kappa shape index (κ3) is 3.93. The summed E-state index contributed by atoms with van der Waals surface area (Å²) < 4.78 is 10.6. The van der Waals surface area contributed by atoms with Crippen molar-refractivity contribution in [2.24, 2.45) is 4.99 Å². The van der Waals surface area contributed by atoms with Crippen molar-refractivity contribution in [2.75, 3.05) is 6.61 Å². The molecule has 0 spiro atoms. The van der Waals surface area contributed by atoms with Gasteiger partial charge in [0.05, 0.1) is 0 Å². The van der Waals surface area contributed by atoms with Crippen LogP contribution in [0.25, 0.3) is 6.08 Å². The molecule has 1 aliphatic rings. The van der Waals surface area contributed by atoms with E-state index in [-0.39, 0.29) is 12.3 Å². The second-order valence-electron chi connectivity index (χ2n) is 5.73. The molecule has 0 saturated heterocycles. The molecule has 1 heterocycles. The lowest BCUT2D eigenvalue weighted by molar-refractivity contribution is -0.129. The zero-order valence-electron chi connectivity index (χ0n) is 13.9. The van der Waals surface area contributed by atoms with Crippen LogP contribution in [0.1, 0.15) is 22.3 Å². The number of aryl methyl sites for hydroxylation is 2. The molecule has 0 atom stereocenters. The number of nitriles is 1. The molecule has 0 aromatic heterocycles. The molecule has 5 heteroatoms. The molecule has 0 radical (unpaired) electrons. The number of aliphatic imine (C=N–C) groups is 1. The fourth-order valence-corrected chi connectivity index (χ4v) is 2.60. The second-order valence-corrected chi connectivity index (χ2v) is 5.73. The molecular formula is C20H16N2O3. The number of carbonyl (C=O) groups is 1. The van der Waals surface area contributed by atoms with E-state index in [1.807, 2.05) is 44.2 Å². The van der Waals surface area contributed by atoms with Crippen LogP contribution in [0.2, 0.25) is 0 Å². The fraction of sp³-hybridized carbons (Fsp3) is 0.150. The van der Waals surface area contributed by atoms with Crippen LogP contribution < -0.4 is 4.74 Å². The lowest BCUT2D eigenvalue weighted by atomic mass is 10.1. The summed E-state index contributed by atoms with van der Waals surface area (Å²) in [4.78, 5) is 16.4. The maximum atomic E-state index is 12.1. The van der Waals surface area contributed by atoms with E-state index in [1.54, 1.807) is 24.3 Å². The highest BCUT2D eigenvalue weighted by Gasteiger charge is 2.24. The lowest BCUT2D eigenvalue weighted by Crippen LogP contribution is -2.05. The molecule has 0 N–H and O–H groups in total. The second kappa shape index (κ2) is 7.02. The zero-order chi connectivity index (χ0) is 17.8. The Hall–Kier alpha value is -3.39. The summed E-state index contributed by atoms with van der Waals surface area (Å²) in [6, 6.07) is 14.9. The van der Waals surface area contributed by atoms with Crippen LogP contribution in [-0.2, 0) is 9.53 Å². The minimum atomic E-state index is -0.488. The Balaban J connectivity index is 1.89. The van der Waals surface area contributed by atoms with Crippen molar-refractivity contribution in [3.63, 3.8) is 0 Å². The quantitative estimate of drug-likeness (QED) is 0.634. The van der Waals surface area contributed by atoms with Gasteiger partial charge in [0.15, 0.2) is 12.3 Å². The number of hydrogen-bond acceptors (Lipinski definition) is 5. The Morgan fingerprint density at radius 1 is 1.20 bits per heavy atom. The van der Waals surface area contributed by atoms with Gasteiger partial charge < -0.3 is 9.47 Å². The Kier molecular flexibility index (Phi) is 4.62. The van der Waals surface area contributed by atoms with Crippen molar-refractivity contribution >= 4 is 17.9 Å². The van der Waals surface area contributed by atoms with Crippen molar-refractivity contribution in [1.29, 1.82) is 5.26 Å². The smallest absolute Gasteiger partial charge is 0.363 e. The van der Waals surface area contributed by atoms with Crippen LogP contribution in [0, 0.1) is 25.2 Å². The van der Waals surface area contributed by atoms with Gasteiger partial charge in [0.25, 0.3) is 0 Å². The molecule has 0 bridgehead atoms. The van der Waals surface area contributed by atoms with Crippen molar-refractivity contribution in [3.8, 4) is 11.8 Å². The minimum absolute atomic E-state index is 0.0307. The van der Waals surface area contributed by atoms with Gasteiger partial charge in [-0.2, -0.15) is 5.26 Å². The third-order valence-corrected chi connectivity index (χ3v) is 3.55. The number of rotatable bonds is 4. The molecule has 0 aliphatic carbocycles. The number of benzene rings is 2. The summed E-state index contributed by atoms with van der Waals surface area (Å²) >= 11 is 0. The SMILES string of the molecule is Cc1cc(C)cc(C2=N/C(=C/c3cccc(OCC#N)c3)C(=O)O2)c1. The average molecular weight is 332 g/mol. The third-order valence-electron chi connectivity index (χ3n) is 3.55. The maximum Gasteiger partial charge on any atom is 0.363 e. The van der Waals surface area contributed by atoms with E-state index < -0.39 is 5.97 Å². The van der Waals surface area contributed by atoms with Crippen molar-refractivity contribution in [1.82, 2.24) is 0 Å². The van der Waals surface area contributed by atoms with Crippen molar-refractivity contribution in [2.45, 2.75) is 13.8 Å². The van der Waals surface area contributed by atoms with Gasteiger partial charge in [0.2, 0.25) is 5.90 Å². The van der Waals surface area contributed by atoms with E-state index in [4.69, 9.17) is 14.7 Å². The van der Waals surface area contributed by atoms with E-state index in [0.29, 0.717) is 11.6 Å². The van der Waals surface area contributed by atoms with Gasteiger partial charge >= 0.3 is 5.97 Å². The summed E-state index contributed by atoms with van der Waals surface area (Å²) in [6.07, 6.45) is 1.64. The number of cyclic esters (lactones) is 1. The Morgan fingerprint density at radius 2 is 1.96 bits per heavy atom. The molecule has 124 valence electrons. The first kappa shape index (κ1) is 16.5. The predicted molar refractivity (Wildman–Crippen MR) is 94.1 cm³/mol. The summed E-state index contributed by atoms with van der Waals surface area (Å²) in [5.41, 5.74) is 3.90. The summed E-state index contributed by atoms with van der Waals surface area (Å²) in [5.74, 6) is 0.373. The highest BCUT2D eigenvalue weighted by Crippen LogP contribution is 2.22. The van der Waals surface area contributed by atoms with Gasteiger partial charge in [-0.05, 0) is 49.8 Å². The van der Waals surface area contributed by atoms with E-state index in [0.717, 1.165) is 22.3 Å². The number of nitrogens with zero attached hydrogens (tertiary/aromatic N) is 2. The molecule has 0 unspecified atom stereocenters. The van der Waals surface area contributed by atoms with Gasteiger partial charge in [0.1, 0.15) is 11.8 Å². The highest BCUT2D eigenvalue weighted by atomic mass is 16.6. The zero-order valence-corrected chi connectivity index (χ0v) is 13.9. The average Bonchev–Trinajstić information content (AvgIpc) is 2.93. The molecule has 2 aromatic carbocycles. The largest absolute Gasteiger partial charge is 0.479 e. The summed E-state index contributed by atoms with van der Waals surface area (Å²) in [7, 11) is 0. The van der Waals surface area contributed by atoms with Gasteiger partial charge in [-0.1, -0.05) is 29.3 Å². The van der Waals surface area contributed by atoms with E-state index in [9.17, 15) is 4.79 Å². The van der Waals surface area contributed by atoms with Gasteiger partial charge in [-0.3, -0.25) is 0 Å².